The van der Waals surface area contributed by atoms with Gasteiger partial charge in [-0.25, -0.2) is 4.98 Å². The fraction of sp³-hybridized carbons (Fsp3) is 0.300. The first-order chi connectivity index (χ1) is 12.2. The lowest BCUT2D eigenvalue weighted by Crippen LogP contribution is -2.51. The Morgan fingerprint density at radius 2 is 1.88 bits per heavy atom. The molecular weight excluding hydrogens is 314 g/mol. The third-order valence-electron chi connectivity index (χ3n) is 4.89. The molecule has 0 spiro atoms. The molecular formula is C20H21N3O2. The van der Waals surface area contributed by atoms with Crippen LogP contribution in [0.15, 0.2) is 48.5 Å². The summed E-state index contributed by atoms with van der Waals surface area (Å²) in [5.41, 5.74) is 3.09. The number of likely N-dealkylation sites (tertiary alicyclic amines) is 1. The van der Waals surface area contributed by atoms with Gasteiger partial charge in [0.05, 0.1) is 30.6 Å². The Morgan fingerprint density at radius 1 is 1.16 bits per heavy atom. The number of carbonyl (C=O) groups excluding carboxylic acids is 1. The van der Waals surface area contributed by atoms with Gasteiger partial charge in [0, 0.05) is 18.7 Å². The first kappa shape index (κ1) is 15.7. The third kappa shape index (κ3) is 2.76. The van der Waals surface area contributed by atoms with Crippen molar-refractivity contribution in [2.24, 2.45) is 0 Å². The second-order valence-corrected chi connectivity index (χ2v) is 6.46. The Morgan fingerprint density at radius 3 is 2.68 bits per heavy atom. The molecule has 1 saturated heterocycles. The van der Waals surface area contributed by atoms with E-state index < -0.39 is 0 Å². The number of fused-ring (bicyclic) bond motifs is 1. The van der Waals surface area contributed by atoms with Gasteiger partial charge in [0.25, 0.3) is 0 Å². The van der Waals surface area contributed by atoms with Crippen molar-refractivity contribution in [1.29, 1.82) is 0 Å². The second kappa shape index (κ2) is 6.24. The molecule has 1 aliphatic rings. The molecule has 0 unspecified atom stereocenters. The standard InChI is InChI=1S/C20H21N3O2/c1-14-21-17-8-4-5-9-18(17)23(14)16-12-22(13-16)20(24)11-15-7-3-6-10-19(15)25-2/h3-10,16H,11-13H2,1-2H3. The number of methoxy groups -OCH3 is 1. The SMILES string of the molecule is COc1ccccc1CC(=O)N1CC(n2c(C)nc3ccccc32)C1. The van der Waals surface area contributed by atoms with Crippen LogP contribution in [0.25, 0.3) is 11.0 Å². The molecule has 1 amide bonds. The minimum atomic E-state index is 0.142. The summed E-state index contributed by atoms with van der Waals surface area (Å²) in [6, 6.07) is 16.1. The predicted molar refractivity (Wildman–Crippen MR) is 96.8 cm³/mol. The van der Waals surface area contributed by atoms with Gasteiger partial charge in [-0.1, -0.05) is 30.3 Å². The number of hydrogen-bond donors (Lipinski definition) is 0. The molecule has 0 N–H and O–H groups in total. The minimum Gasteiger partial charge on any atom is -0.496 e. The lowest BCUT2D eigenvalue weighted by Gasteiger charge is -2.40. The van der Waals surface area contributed by atoms with Gasteiger partial charge in [0.2, 0.25) is 5.91 Å². The Labute approximate surface area is 146 Å². The van der Waals surface area contributed by atoms with Gasteiger partial charge in [0.15, 0.2) is 0 Å². The van der Waals surface area contributed by atoms with Gasteiger partial charge in [-0.15, -0.1) is 0 Å². The van der Waals surface area contributed by atoms with Gasteiger partial charge in [-0.3, -0.25) is 4.79 Å². The summed E-state index contributed by atoms with van der Waals surface area (Å²) in [4.78, 5) is 19.1. The zero-order valence-electron chi connectivity index (χ0n) is 14.5. The topological polar surface area (TPSA) is 47.4 Å². The van der Waals surface area contributed by atoms with E-state index in [2.05, 4.69) is 15.6 Å². The Bertz CT molecular complexity index is 926. The number of aryl methyl sites for hydroxylation is 1. The molecule has 2 heterocycles. The van der Waals surface area contributed by atoms with E-state index in [4.69, 9.17) is 4.74 Å². The molecule has 0 saturated carbocycles. The summed E-state index contributed by atoms with van der Waals surface area (Å²) >= 11 is 0. The van der Waals surface area contributed by atoms with Crippen LogP contribution in [0.1, 0.15) is 17.4 Å². The first-order valence-corrected chi connectivity index (χ1v) is 8.50. The number of nitrogens with zero attached hydrogens (tertiary/aromatic N) is 3. The number of amides is 1. The van der Waals surface area contributed by atoms with E-state index in [0.717, 1.165) is 41.3 Å². The highest BCUT2D eigenvalue weighted by Gasteiger charge is 2.33. The largest absolute Gasteiger partial charge is 0.496 e. The number of benzene rings is 2. The average molecular weight is 335 g/mol. The van der Waals surface area contributed by atoms with Crippen LogP contribution in [0.5, 0.6) is 5.75 Å². The third-order valence-corrected chi connectivity index (χ3v) is 4.89. The molecule has 25 heavy (non-hydrogen) atoms. The molecule has 4 rings (SSSR count). The number of para-hydroxylation sites is 3. The van der Waals surface area contributed by atoms with E-state index in [-0.39, 0.29) is 5.91 Å². The van der Waals surface area contributed by atoms with Crippen LogP contribution in [0.2, 0.25) is 0 Å². The van der Waals surface area contributed by atoms with Crippen molar-refractivity contribution in [2.75, 3.05) is 20.2 Å². The van der Waals surface area contributed by atoms with Gasteiger partial charge >= 0.3 is 0 Å². The molecule has 128 valence electrons. The van der Waals surface area contributed by atoms with Crippen molar-refractivity contribution < 1.29 is 9.53 Å². The normalized spacial score (nSPS) is 14.6. The van der Waals surface area contributed by atoms with E-state index in [9.17, 15) is 4.79 Å². The summed E-state index contributed by atoms with van der Waals surface area (Å²) in [6.07, 6.45) is 0.375. The van der Waals surface area contributed by atoms with Gasteiger partial charge in [-0.05, 0) is 25.1 Å². The lowest BCUT2D eigenvalue weighted by molar-refractivity contribution is -0.136. The second-order valence-electron chi connectivity index (χ2n) is 6.46. The summed E-state index contributed by atoms with van der Waals surface area (Å²) in [5, 5.41) is 0. The average Bonchev–Trinajstić information content (AvgIpc) is 2.90. The Kier molecular flexibility index (Phi) is 3.92. The quantitative estimate of drug-likeness (QED) is 0.736. The Balaban J connectivity index is 1.46. The maximum Gasteiger partial charge on any atom is 0.227 e. The molecule has 3 aromatic rings. The Hall–Kier alpha value is -2.82. The van der Waals surface area contributed by atoms with Crippen molar-refractivity contribution in [3.63, 3.8) is 0 Å². The van der Waals surface area contributed by atoms with Crippen molar-refractivity contribution in [2.45, 2.75) is 19.4 Å². The smallest absolute Gasteiger partial charge is 0.227 e. The molecule has 2 aromatic carbocycles. The highest BCUT2D eigenvalue weighted by molar-refractivity contribution is 5.81. The van der Waals surface area contributed by atoms with Crippen LogP contribution in [-0.4, -0.2) is 40.6 Å². The van der Waals surface area contributed by atoms with Crippen LogP contribution in [0.3, 0.4) is 0 Å². The van der Waals surface area contributed by atoms with Crippen LogP contribution in [0, 0.1) is 6.92 Å². The number of ether oxygens (including phenoxy) is 1. The van der Waals surface area contributed by atoms with E-state index in [1.807, 2.05) is 54.3 Å². The zero-order valence-corrected chi connectivity index (χ0v) is 14.5. The van der Waals surface area contributed by atoms with Crippen molar-refractivity contribution in [1.82, 2.24) is 14.5 Å². The van der Waals surface area contributed by atoms with Crippen LogP contribution in [0.4, 0.5) is 0 Å². The summed E-state index contributed by atoms with van der Waals surface area (Å²) in [6.45, 7) is 3.49. The molecule has 0 bridgehead atoms. The lowest BCUT2D eigenvalue weighted by atomic mass is 10.0. The van der Waals surface area contributed by atoms with Gasteiger partial charge < -0.3 is 14.2 Å². The zero-order chi connectivity index (χ0) is 17.4. The maximum atomic E-state index is 12.6. The monoisotopic (exact) mass is 335 g/mol. The maximum absolute atomic E-state index is 12.6. The van der Waals surface area contributed by atoms with Crippen LogP contribution >= 0.6 is 0 Å². The number of carbonyl (C=O) groups is 1. The molecule has 5 nitrogen and oxygen atoms in total. The highest BCUT2D eigenvalue weighted by atomic mass is 16.5. The van der Waals surface area contributed by atoms with Crippen LogP contribution < -0.4 is 4.74 Å². The molecule has 1 fully saturated rings. The molecule has 5 heteroatoms. The highest BCUT2D eigenvalue weighted by Crippen LogP contribution is 2.29. The summed E-state index contributed by atoms with van der Waals surface area (Å²) < 4.78 is 7.59. The number of imidazole rings is 1. The number of rotatable bonds is 4. The molecule has 0 radical (unpaired) electrons. The molecule has 1 aliphatic heterocycles. The van der Waals surface area contributed by atoms with Crippen molar-refractivity contribution >= 4 is 16.9 Å². The van der Waals surface area contributed by atoms with Crippen molar-refractivity contribution in [3.8, 4) is 5.75 Å². The summed E-state index contributed by atoms with van der Waals surface area (Å²) in [5.74, 6) is 1.91. The van der Waals surface area contributed by atoms with E-state index >= 15 is 0 Å². The van der Waals surface area contributed by atoms with E-state index in [0.29, 0.717) is 12.5 Å². The fourth-order valence-corrected chi connectivity index (χ4v) is 3.57. The first-order valence-electron chi connectivity index (χ1n) is 8.50. The van der Waals surface area contributed by atoms with Gasteiger partial charge in [-0.2, -0.15) is 0 Å². The predicted octanol–water partition coefficient (Wildman–Crippen LogP) is 2.98. The fourth-order valence-electron chi connectivity index (χ4n) is 3.57. The van der Waals surface area contributed by atoms with Crippen LogP contribution in [-0.2, 0) is 11.2 Å². The number of hydrogen-bond acceptors (Lipinski definition) is 3. The minimum absolute atomic E-state index is 0.142. The van der Waals surface area contributed by atoms with E-state index in [1.54, 1.807) is 7.11 Å². The molecule has 0 aliphatic carbocycles. The number of aromatic nitrogens is 2. The molecule has 0 atom stereocenters. The van der Waals surface area contributed by atoms with Crippen molar-refractivity contribution in [3.05, 3.63) is 59.9 Å². The molecule has 1 aromatic heterocycles. The summed E-state index contributed by atoms with van der Waals surface area (Å²) in [7, 11) is 1.63. The van der Waals surface area contributed by atoms with Gasteiger partial charge in [0.1, 0.15) is 11.6 Å². The van der Waals surface area contributed by atoms with E-state index in [1.165, 1.54) is 0 Å².